The van der Waals surface area contributed by atoms with E-state index in [-0.39, 0.29) is 23.4 Å². The van der Waals surface area contributed by atoms with Crippen LogP contribution in [-0.4, -0.2) is 64.0 Å². The Labute approximate surface area is 222 Å². The third kappa shape index (κ3) is 7.16. The smallest absolute Gasteiger partial charge is 0.251 e. The molecule has 1 amide bonds. The second-order valence-corrected chi connectivity index (χ2v) is 12.9. The number of anilines is 2. The van der Waals surface area contributed by atoms with Crippen LogP contribution in [0, 0.1) is 23.5 Å². The molecule has 2 aromatic rings. The molecule has 3 rings (SSSR count). The Morgan fingerprint density at radius 2 is 1.71 bits per heavy atom. The summed E-state index contributed by atoms with van der Waals surface area (Å²) < 4.78 is 67.7. The molecule has 3 N–H and O–H groups in total. The van der Waals surface area contributed by atoms with Crippen molar-refractivity contribution in [2.24, 2.45) is 17.6 Å². The summed E-state index contributed by atoms with van der Waals surface area (Å²) in [6, 6.07) is 3.64. The first-order valence-electron chi connectivity index (χ1n) is 12.5. The van der Waals surface area contributed by atoms with Crippen LogP contribution in [0.4, 0.5) is 24.8 Å². The fourth-order valence-electron chi connectivity index (χ4n) is 4.19. The van der Waals surface area contributed by atoms with E-state index in [2.05, 4.69) is 17.2 Å². The molecule has 1 saturated carbocycles. The minimum atomic E-state index is -3.74. The van der Waals surface area contributed by atoms with Gasteiger partial charge in [0.15, 0.2) is 0 Å². The number of amides is 1. The molecule has 0 saturated heterocycles. The standard InChI is InChI=1S/C26H36F3N5O3S/c1-15(2)38(36,37)34(5)25-11-18(10-24(32-25)33(4)14-19-6-16(19)3)26(35)31-23(22(30)13-27)9-17-7-20(28)12-21(29)8-17/h7-8,10-12,15-16,19,22-23H,6,9,13-14,30H2,1-5H3,(H,31,35)/t16-,19+,22-,23-/m0/s1. The van der Waals surface area contributed by atoms with E-state index in [1.165, 1.54) is 19.2 Å². The van der Waals surface area contributed by atoms with E-state index in [1.54, 1.807) is 13.8 Å². The zero-order valence-electron chi connectivity index (χ0n) is 22.3. The highest BCUT2D eigenvalue weighted by molar-refractivity contribution is 7.93. The second-order valence-electron chi connectivity index (χ2n) is 10.4. The molecule has 0 radical (unpaired) electrons. The van der Waals surface area contributed by atoms with Gasteiger partial charge >= 0.3 is 0 Å². The van der Waals surface area contributed by atoms with Gasteiger partial charge in [-0.05, 0) is 68.4 Å². The number of hydrogen-bond donors (Lipinski definition) is 2. The number of nitrogens with zero attached hydrogens (tertiary/aromatic N) is 3. The van der Waals surface area contributed by atoms with Gasteiger partial charge < -0.3 is 16.0 Å². The number of sulfonamides is 1. The number of carbonyl (C=O) groups excluding carboxylic acids is 1. The second kappa shape index (κ2) is 11.9. The lowest BCUT2D eigenvalue weighted by Gasteiger charge is -2.26. The Bertz CT molecular complexity index is 1240. The molecule has 1 fully saturated rings. The number of alkyl halides is 1. The molecule has 1 aliphatic carbocycles. The molecular formula is C26H36F3N5O3S. The first-order chi connectivity index (χ1) is 17.7. The number of aromatic nitrogens is 1. The highest BCUT2D eigenvalue weighted by Crippen LogP contribution is 2.38. The Hall–Kier alpha value is -2.86. The number of pyridine rings is 1. The van der Waals surface area contributed by atoms with Gasteiger partial charge in [0.05, 0.1) is 17.3 Å². The van der Waals surface area contributed by atoms with Crippen molar-refractivity contribution in [3.63, 3.8) is 0 Å². The van der Waals surface area contributed by atoms with E-state index >= 15 is 0 Å². The first kappa shape index (κ1) is 29.7. The number of nitrogens with two attached hydrogens (primary N) is 1. The zero-order chi connectivity index (χ0) is 28.4. The third-order valence-corrected chi connectivity index (χ3v) is 9.07. The van der Waals surface area contributed by atoms with Crippen molar-refractivity contribution in [3.8, 4) is 0 Å². The summed E-state index contributed by atoms with van der Waals surface area (Å²) in [4.78, 5) is 19.7. The van der Waals surface area contributed by atoms with Crippen LogP contribution in [0.15, 0.2) is 30.3 Å². The number of halogens is 3. The monoisotopic (exact) mass is 555 g/mol. The highest BCUT2D eigenvalue weighted by atomic mass is 32.2. The SMILES string of the molecule is CC(C)S(=O)(=O)N(C)c1cc(C(=O)N[C@@H](Cc2cc(F)cc(F)c2)[C@@H](N)CF)cc(N(C)C[C@H]2C[C@@H]2C)n1. The van der Waals surface area contributed by atoms with Crippen LogP contribution in [0.2, 0.25) is 0 Å². The molecule has 1 aromatic carbocycles. The van der Waals surface area contributed by atoms with Gasteiger partial charge in [0, 0.05) is 32.3 Å². The lowest BCUT2D eigenvalue weighted by atomic mass is 9.99. The molecule has 4 atom stereocenters. The Kier molecular flexibility index (Phi) is 9.30. The van der Waals surface area contributed by atoms with Crippen LogP contribution >= 0.6 is 0 Å². The van der Waals surface area contributed by atoms with E-state index in [9.17, 15) is 26.4 Å². The van der Waals surface area contributed by atoms with Crippen molar-refractivity contribution in [2.75, 3.05) is 36.5 Å². The largest absolute Gasteiger partial charge is 0.359 e. The van der Waals surface area contributed by atoms with Gasteiger partial charge in [0.25, 0.3) is 5.91 Å². The molecular weight excluding hydrogens is 519 g/mol. The molecule has 1 aromatic heterocycles. The lowest BCUT2D eigenvalue weighted by Crippen LogP contribution is -2.50. The molecule has 12 heteroatoms. The fraction of sp³-hybridized carbons (Fsp3) is 0.538. The summed E-state index contributed by atoms with van der Waals surface area (Å²) in [6.07, 6.45) is 0.958. The predicted molar refractivity (Wildman–Crippen MR) is 143 cm³/mol. The third-order valence-electron chi connectivity index (χ3n) is 6.93. The van der Waals surface area contributed by atoms with Crippen molar-refractivity contribution in [1.29, 1.82) is 0 Å². The van der Waals surface area contributed by atoms with Gasteiger partial charge in [-0.3, -0.25) is 9.10 Å². The van der Waals surface area contributed by atoms with Crippen LogP contribution in [0.3, 0.4) is 0 Å². The molecule has 0 spiro atoms. The summed E-state index contributed by atoms with van der Waals surface area (Å²) in [5.41, 5.74) is 6.20. The number of benzene rings is 1. The van der Waals surface area contributed by atoms with E-state index in [4.69, 9.17) is 5.73 Å². The predicted octanol–water partition coefficient (Wildman–Crippen LogP) is 3.26. The normalized spacial score (nSPS) is 18.7. The van der Waals surface area contributed by atoms with Gasteiger partial charge in [-0.2, -0.15) is 0 Å². The molecule has 8 nitrogen and oxygen atoms in total. The summed E-state index contributed by atoms with van der Waals surface area (Å²) in [5, 5.41) is 1.94. The van der Waals surface area contributed by atoms with E-state index in [1.807, 2.05) is 11.9 Å². The van der Waals surface area contributed by atoms with Crippen LogP contribution in [-0.2, 0) is 16.4 Å². The quantitative estimate of drug-likeness (QED) is 0.416. The Balaban J connectivity index is 1.95. The number of nitrogens with one attached hydrogen (secondary N) is 1. The van der Waals surface area contributed by atoms with Crippen LogP contribution in [0.5, 0.6) is 0 Å². The lowest BCUT2D eigenvalue weighted by molar-refractivity contribution is 0.0928. The van der Waals surface area contributed by atoms with Crippen molar-refractivity contribution in [3.05, 3.63) is 53.1 Å². The average Bonchev–Trinajstić information content (AvgIpc) is 3.55. The van der Waals surface area contributed by atoms with Crippen molar-refractivity contribution >= 4 is 27.6 Å². The van der Waals surface area contributed by atoms with E-state index in [0.29, 0.717) is 30.3 Å². The van der Waals surface area contributed by atoms with E-state index in [0.717, 1.165) is 22.9 Å². The Morgan fingerprint density at radius 1 is 1.13 bits per heavy atom. The van der Waals surface area contributed by atoms with Crippen LogP contribution < -0.4 is 20.3 Å². The van der Waals surface area contributed by atoms with Crippen LogP contribution in [0.1, 0.15) is 43.1 Å². The average molecular weight is 556 g/mol. The fourth-order valence-corrected chi connectivity index (χ4v) is 5.17. The van der Waals surface area contributed by atoms with Gasteiger partial charge in [0.1, 0.15) is 29.9 Å². The minimum Gasteiger partial charge on any atom is -0.359 e. The first-order valence-corrected chi connectivity index (χ1v) is 14.0. The van der Waals surface area contributed by atoms with E-state index < -0.39 is 51.6 Å². The van der Waals surface area contributed by atoms with Crippen molar-refractivity contribution in [1.82, 2.24) is 10.3 Å². The van der Waals surface area contributed by atoms with Crippen molar-refractivity contribution < 1.29 is 26.4 Å². The van der Waals surface area contributed by atoms with Gasteiger partial charge in [0.2, 0.25) is 10.0 Å². The number of rotatable bonds is 12. The van der Waals surface area contributed by atoms with Crippen LogP contribution in [0.25, 0.3) is 0 Å². The molecule has 0 bridgehead atoms. The summed E-state index contributed by atoms with van der Waals surface area (Å²) in [5.74, 6) is -0.758. The topological polar surface area (TPSA) is 109 Å². The molecule has 38 heavy (non-hydrogen) atoms. The van der Waals surface area contributed by atoms with Crippen molar-refractivity contribution in [2.45, 2.75) is 50.9 Å². The summed E-state index contributed by atoms with van der Waals surface area (Å²) in [7, 11) is -0.561. The molecule has 0 unspecified atom stereocenters. The van der Waals surface area contributed by atoms with Gasteiger partial charge in [-0.1, -0.05) is 6.92 Å². The highest BCUT2D eigenvalue weighted by Gasteiger charge is 2.34. The zero-order valence-corrected chi connectivity index (χ0v) is 23.1. The van der Waals surface area contributed by atoms with Gasteiger partial charge in [-0.15, -0.1) is 0 Å². The van der Waals surface area contributed by atoms with Gasteiger partial charge in [-0.25, -0.2) is 26.6 Å². The summed E-state index contributed by atoms with van der Waals surface area (Å²) in [6.45, 7) is 4.93. The maximum Gasteiger partial charge on any atom is 0.251 e. The number of carbonyl (C=O) groups is 1. The minimum absolute atomic E-state index is 0.0515. The molecule has 1 aliphatic rings. The molecule has 210 valence electrons. The maximum absolute atomic E-state index is 13.7. The Morgan fingerprint density at radius 3 is 2.24 bits per heavy atom. The number of hydrogen-bond acceptors (Lipinski definition) is 6. The maximum atomic E-state index is 13.7. The molecule has 1 heterocycles. The summed E-state index contributed by atoms with van der Waals surface area (Å²) >= 11 is 0. The molecule has 0 aliphatic heterocycles.